The van der Waals surface area contributed by atoms with Gasteiger partial charge in [0.15, 0.2) is 5.16 Å². The summed E-state index contributed by atoms with van der Waals surface area (Å²) in [5.41, 5.74) is 2.36. The summed E-state index contributed by atoms with van der Waals surface area (Å²) in [6.07, 6.45) is 0. The van der Waals surface area contributed by atoms with Crippen LogP contribution in [0.5, 0.6) is 0 Å². The minimum absolute atomic E-state index is 0.0561. The second-order valence-corrected chi connectivity index (χ2v) is 9.96. The van der Waals surface area contributed by atoms with Crippen molar-refractivity contribution >= 4 is 68.2 Å². The third kappa shape index (κ3) is 6.13. The van der Waals surface area contributed by atoms with Gasteiger partial charge in [-0.2, -0.15) is 0 Å². The van der Waals surface area contributed by atoms with Crippen molar-refractivity contribution < 1.29 is 4.79 Å². The Labute approximate surface area is 223 Å². The van der Waals surface area contributed by atoms with Gasteiger partial charge in [-0.25, -0.2) is 9.83 Å². The number of carbonyl (C=O) groups is 1. The molecule has 4 aromatic rings. The van der Waals surface area contributed by atoms with E-state index in [1.54, 1.807) is 24.3 Å². The summed E-state index contributed by atoms with van der Waals surface area (Å²) >= 11 is 16.7. The molecule has 0 saturated heterocycles. The van der Waals surface area contributed by atoms with Crippen molar-refractivity contribution in [3.8, 4) is 11.3 Å². The Morgan fingerprint density at radius 3 is 2.63 bits per heavy atom. The van der Waals surface area contributed by atoms with E-state index in [9.17, 15) is 9.59 Å². The molecule has 0 aliphatic heterocycles. The molecule has 0 unspecified atom stereocenters. The van der Waals surface area contributed by atoms with Crippen LogP contribution in [0, 0.1) is 6.57 Å². The summed E-state index contributed by atoms with van der Waals surface area (Å²) in [5.74, 6) is 0.169. The van der Waals surface area contributed by atoms with E-state index in [0.29, 0.717) is 43.5 Å². The molecule has 0 aliphatic carbocycles. The number of amides is 1. The first-order valence-corrected chi connectivity index (χ1v) is 12.6. The summed E-state index contributed by atoms with van der Waals surface area (Å²) < 4.78 is 0.821. The normalized spacial score (nSPS) is 10.6. The van der Waals surface area contributed by atoms with Gasteiger partial charge in [-0.1, -0.05) is 75.2 Å². The number of benzene rings is 3. The molecule has 1 heterocycles. The Bertz CT molecular complexity index is 1530. The van der Waals surface area contributed by atoms with Crippen LogP contribution in [0.1, 0.15) is 15.9 Å². The van der Waals surface area contributed by atoms with Gasteiger partial charge < -0.3 is 10.3 Å². The molecule has 0 fully saturated rings. The number of hydrogen-bond donors (Lipinski definition) is 2. The van der Waals surface area contributed by atoms with Gasteiger partial charge in [-0.15, -0.1) is 0 Å². The lowest BCUT2D eigenvalue weighted by atomic mass is 10.1. The van der Waals surface area contributed by atoms with Gasteiger partial charge in [0.1, 0.15) is 0 Å². The van der Waals surface area contributed by atoms with E-state index in [2.05, 4.69) is 36.1 Å². The van der Waals surface area contributed by atoms with Crippen molar-refractivity contribution in [2.24, 2.45) is 0 Å². The van der Waals surface area contributed by atoms with E-state index < -0.39 is 5.56 Å². The Morgan fingerprint density at radius 2 is 1.89 bits per heavy atom. The number of rotatable bonds is 6. The first-order chi connectivity index (χ1) is 16.8. The number of hydrogen-bond acceptors (Lipinski definition) is 4. The van der Waals surface area contributed by atoms with Crippen LogP contribution in [0.15, 0.2) is 81.2 Å². The minimum atomic E-state index is -0.491. The van der Waals surface area contributed by atoms with Crippen LogP contribution in [-0.4, -0.2) is 15.9 Å². The van der Waals surface area contributed by atoms with Crippen molar-refractivity contribution in [2.45, 2.75) is 10.9 Å². The van der Waals surface area contributed by atoms with Gasteiger partial charge in [-0.3, -0.25) is 9.59 Å². The highest BCUT2D eigenvalue weighted by atomic mass is 79.9. The number of H-pyrrole nitrogens is 1. The zero-order chi connectivity index (χ0) is 24.9. The number of carbonyl (C=O) groups excluding carboxylic acids is 1. The number of halogens is 3. The van der Waals surface area contributed by atoms with Crippen LogP contribution in [0.4, 0.5) is 11.4 Å². The average Bonchev–Trinajstić information content (AvgIpc) is 2.84. The van der Waals surface area contributed by atoms with E-state index in [1.165, 1.54) is 17.8 Å². The number of anilines is 1. The molecule has 1 amide bonds. The van der Waals surface area contributed by atoms with E-state index in [4.69, 9.17) is 29.8 Å². The quantitative estimate of drug-likeness (QED) is 0.139. The van der Waals surface area contributed by atoms with Gasteiger partial charge in [0.05, 0.1) is 22.3 Å². The number of aromatic amines is 1. The number of thioether (sulfide) groups is 1. The van der Waals surface area contributed by atoms with Crippen molar-refractivity contribution in [1.82, 2.24) is 9.97 Å². The number of aromatic nitrogens is 2. The largest absolute Gasteiger partial charge is 0.322 e. The molecule has 0 saturated carbocycles. The van der Waals surface area contributed by atoms with Crippen LogP contribution in [0.3, 0.4) is 0 Å². The Kier molecular flexibility index (Phi) is 7.93. The smallest absolute Gasteiger partial charge is 0.276 e. The minimum Gasteiger partial charge on any atom is -0.322 e. The van der Waals surface area contributed by atoms with Crippen molar-refractivity contribution in [3.05, 3.63) is 114 Å². The van der Waals surface area contributed by atoms with Crippen LogP contribution >= 0.6 is 50.9 Å². The summed E-state index contributed by atoms with van der Waals surface area (Å²) in [6.45, 7) is 7.40. The second-order valence-electron chi connectivity index (χ2n) is 7.26. The molecule has 174 valence electrons. The number of nitrogens with one attached hydrogen (secondary N) is 2. The fraction of sp³-hybridized carbons (Fsp3) is 0.0400. The Balaban J connectivity index is 1.52. The molecule has 0 aliphatic rings. The van der Waals surface area contributed by atoms with Crippen LogP contribution in [0.2, 0.25) is 10.0 Å². The fourth-order valence-corrected chi connectivity index (χ4v) is 4.69. The van der Waals surface area contributed by atoms with E-state index >= 15 is 0 Å². The summed E-state index contributed by atoms with van der Waals surface area (Å²) in [5, 5.41) is 3.91. The zero-order valence-electron chi connectivity index (χ0n) is 17.8. The lowest BCUT2D eigenvalue weighted by Gasteiger charge is -2.09. The molecule has 0 spiro atoms. The Morgan fingerprint density at radius 1 is 1.09 bits per heavy atom. The molecule has 0 atom stereocenters. The molecule has 3 aromatic carbocycles. The predicted molar refractivity (Wildman–Crippen MR) is 145 cm³/mol. The standard InChI is InChI=1S/C25H15BrCl2N4O2S/c1-29-22-21(15-5-3-6-17(26)11-15)31-25(32-24(22)34)35-13-14-4-2-7-18(10-14)30-23(33)16-8-9-19(27)20(28)12-16/h2-12H,13H2,(H,30,33)(H,31,32,34). The highest BCUT2D eigenvalue weighted by molar-refractivity contribution is 9.10. The molecule has 1 aromatic heterocycles. The highest BCUT2D eigenvalue weighted by Crippen LogP contribution is 2.30. The van der Waals surface area contributed by atoms with E-state index in [-0.39, 0.29) is 11.6 Å². The zero-order valence-corrected chi connectivity index (χ0v) is 21.7. The lowest BCUT2D eigenvalue weighted by Crippen LogP contribution is -2.12. The number of nitrogens with zero attached hydrogens (tertiary/aromatic N) is 2. The van der Waals surface area contributed by atoms with Gasteiger partial charge in [0, 0.05) is 21.5 Å². The lowest BCUT2D eigenvalue weighted by molar-refractivity contribution is 0.102. The van der Waals surface area contributed by atoms with Gasteiger partial charge in [-0.05, 0) is 53.6 Å². The van der Waals surface area contributed by atoms with Gasteiger partial charge in [0.2, 0.25) is 0 Å². The Hall–Kier alpha value is -3.09. The summed E-state index contributed by atoms with van der Waals surface area (Å²) in [7, 11) is 0. The topological polar surface area (TPSA) is 79.2 Å². The third-order valence-electron chi connectivity index (χ3n) is 4.83. The van der Waals surface area contributed by atoms with Crippen LogP contribution in [0.25, 0.3) is 16.1 Å². The maximum atomic E-state index is 12.6. The first kappa shape index (κ1) is 25.0. The molecular weight excluding hydrogens is 571 g/mol. The molecular formula is C25H15BrCl2N4O2S. The van der Waals surface area contributed by atoms with Crippen molar-refractivity contribution in [3.63, 3.8) is 0 Å². The second kappa shape index (κ2) is 11.1. The van der Waals surface area contributed by atoms with Crippen LogP contribution < -0.4 is 10.9 Å². The summed E-state index contributed by atoms with van der Waals surface area (Å²) in [4.78, 5) is 35.7. The molecule has 0 bridgehead atoms. The van der Waals surface area contributed by atoms with E-state index in [0.717, 1.165) is 10.0 Å². The first-order valence-electron chi connectivity index (χ1n) is 10.1. The van der Waals surface area contributed by atoms with Gasteiger partial charge in [0.25, 0.3) is 17.2 Å². The van der Waals surface area contributed by atoms with Gasteiger partial charge >= 0.3 is 0 Å². The summed E-state index contributed by atoms with van der Waals surface area (Å²) in [6, 6.07) is 19.3. The molecule has 4 rings (SSSR count). The van der Waals surface area contributed by atoms with E-state index in [1.807, 2.05) is 36.4 Å². The SMILES string of the molecule is [C-]#[N+]c1c(-c2cccc(Br)c2)nc(SCc2cccc(NC(=O)c3ccc(Cl)c(Cl)c3)c2)[nH]c1=O. The molecule has 6 nitrogen and oxygen atoms in total. The molecule has 2 N–H and O–H groups in total. The molecule has 35 heavy (non-hydrogen) atoms. The van der Waals surface area contributed by atoms with Crippen LogP contribution in [-0.2, 0) is 5.75 Å². The monoisotopic (exact) mass is 584 g/mol. The predicted octanol–water partition coefficient (Wildman–Crippen LogP) is 7.60. The molecule has 10 heteroatoms. The fourth-order valence-electron chi connectivity index (χ4n) is 3.19. The maximum absolute atomic E-state index is 12.6. The third-order valence-corrected chi connectivity index (χ3v) is 7.00. The highest BCUT2D eigenvalue weighted by Gasteiger charge is 2.15. The average molecular weight is 586 g/mol. The van der Waals surface area contributed by atoms with Crippen molar-refractivity contribution in [2.75, 3.05) is 5.32 Å². The molecule has 0 radical (unpaired) electrons. The van der Waals surface area contributed by atoms with Crippen molar-refractivity contribution in [1.29, 1.82) is 0 Å². The maximum Gasteiger partial charge on any atom is 0.276 e.